The summed E-state index contributed by atoms with van der Waals surface area (Å²) >= 11 is 3.39. The standard InChI is InChI=1S/C5H5NO3S/c1-6-2-3(7)4(8)5(2)9-10/h6,10H,1H3. The van der Waals surface area contributed by atoms with Crippen LogP contribution < -0.4 is 20.4 Å². The van der Waals surface area contributed by atoms with E-state index >= 15 is 0 Å². The number of hydrogen-bond donors (Lipinski definition) is 2. The highest BCUT2D eigenvalue weighted by molar-refractivity contribution is 7.75. The number of nitrogens with one attached hydrogen (secondary N) is 1. The molecule has 1 aromatic carbocycles. The normalized spacial score (nSPS) is 9.80. The minimum absolute atomic E-state index is 0.00386. The average Bonchev–Trinajstić information content (AvgIpc) is 1.97. The van der Waals surface area contributed by atoms with Crippen molar-refractivity contribution in [3.05, 3.63) is 20.4 Å². The fourth-order valence-electron chi connectivity index (χ4n) is 0.685. The topological polar surface area (TPSA) is 55.4 Å². The Kier molecular flexibility index (Phi) is 1.67. The van der Waals surface area contributed by atoms with Gasteiger partial charge < -0.3 is 9.50 Å². The predicted octanol–water partition coefficient (Wildman–Crippen LogP) is -0.452. The molecule has 0 aliphatic rings. The molecule has 1 N–H and O–H groups in total. The van der Waals surface area contributed by atoms with Crippen LogP contribution in [0.4, 0.5) is 5.69 Å². The van der Waals surface area contributed by atoms with Crippen molar-refractivity contribution in [3.8, 4) is 5.75 Å². The molecule has 0 amide bonds. The van der Waals surface area contributed by atoms with Crippen molar-refractivity contribution < 1.29 is 4.18 Å². The van der Waals surface area contributed by atoms with Gasteiger partial charge in [-0.05, 0) is 0 Å². The summed E-state index contributed by atoms with van der Waals surface area (Å²) in [6, 6.07) is 0. The lowest BCUT2D eigenvalue weighted by Crippen LogP contribution is -2.33. The van der Waals surface area contributed by atoms with Crippen molar-refractivity contribution in [3.63, 3.8) is 0 Å². The van der Waals surface area contributed by atoms with Crippen LogP contribution >= 0.6 is 12.9 Å². The number of hydrogen-bond acceptors (Lipinski definition) is 5. The third kappa shape index (κ3) is 0.706. The van der Waals surface area contributed by atoms with Crippen molar-refractivity contribution in [2.45, 2.75) is 0 Å². The molecule has 0 heterocycles. The molecule has 0 saturated heterocycles. The van der Waals surface area contributed by atoms with Gasteiger partial charge in [-0.1, -0.05) is 0 Å². The van der Waals surface area contributed by atoms with Crippen molar-refractivity contribution in [2.24, 2.45) is 0 Å². The van der Waals surface area contributed by atoms with Crippen LogP contribution in [-0.2, 0) is 0 Å². The Morgan fingerprint density at radius 3 is 2.30 bits per heavy atom. The molecule has 0 radical (unpaired) electrons. The highest BCUT2D eigenvalue weighted by atomic mass is 32.1. The fraction of sp³-hybridized carbons (Fsp3) is 0.200. The second-order valence-electron chi connectivity index (χ2n) is 1.70. The zero-order valence-electron chi connectivity index (χ0n) is 5.17. The van der Waals surface area contributed by atoms with Crippen molar-refractivity contribution in [1.29, 1.82) is 0 Å². The maximum Gasteiger partial charge on any atom is 0.273 e. The summed E-state index contributed by atoms with van der Waals surface area (Å²) in [4.78, 5) is 21.1. The van der Waals surface area contributed by atoms with Gasteiger partial charge in [-0.15, -0.1) is 0 Å². The van der Waals surface area contributed by atoms with E-state index in [0.717, 1.165) is 0 Å². The third-order valence-corrected chi connectivity index (χ3v) is 1.39. The van der Waals surface area contributed by atoms with Crippen molar-refractivity contribution >= 4 is 18.6 Å². The first-order valence-corrected chi connectivity index (χ1v) is 2.91. The molecule has 0 atom stereocenters. The van der Waals surface area contributed by atoms with Crippen LogP contribution in [0.2, 0.25) is 0 Å². The summed E-state index contributed by atoms with van der Waals surface area (Å²) in [5.41, 5.74) is -0.981. The number of thiol groups is 1. The lowest BCUT2D eigenvalue weighted by molar-refractivity contribution is 0.644. The van der Waals surface area contributed by atoms with E-state index in [-0.39, 0.29) is 11.4 Å². The Labute approximate surface area is 62.1 Å². The van der Waals surface area contributed by atoms with Gasteiger partial charge in [0.25, 0.3) is 10.9 Å². The lowest BCUT2D eigenvalue weighted by Gasteiger charge is -2.05. The van der Waals surface area contributed by atoms with Gasteiger partial charge in [0, 0.05) is 20.0 Å². The van der Waals surface area contributed by atoms with Crippen LogP contribution in [0, 0.1) is 0 Å². The van der Waals surface area contributed by atoms with Crippen LogP contribution in [0.25, 0.3) is 0 Å². The van der Waals surface area contributed by atoms with Gasteiger partial charge in [-0.25, -0.2) is 0 Å². The van der Waals surface area contributed by atoms with Crippen LogP contribution in [-0.4, -0.2) is 7.05 Å². The van der Waals surface area contributed by atoms with Crippen LogP contribution in [0.5, 0.6) is 5.75 Å². The fourth-order valence-corrected chi connectivity index (χ4v) is 0.859. The summed E-state index contributed by atoms with van der Waals surface area (Å²) in [6.45, 7) is 0. The summed E-state index contributed by atoms with van der Waals surface area (Å²) in [5, 5.41) is 2.52. The maximum atomic E-state index is 10.6. The zero-order valence-corrected chi connectivity index (χ0v) is 6.07. The minimum atomic E-state index is -0.626. The Bertz CT molecular complexity index is 281. The van der Waals surface area contributed by atoms with E-state index < -0.39 is 10.9 Å². The maximum absolute atomic E-state index is 10.6. The van der Waals surface area contributed by atoms with E-state index in [9.17, 15) is 9.59 Å². The molecule has 0 aliphatic carbocycles. The first kappa shape index (κ1) is 7.14. The molecule has 1 rings (SSSR count). The highest BCUT2D eigenvalue weighted by Crippen LogP contribution is 2.16. The molecule has 1 aromatic rings. The monoisotopic (exact) mass is 159 g/mol. The molecular formula is C5H5NO3S. The van der Waals surface area contributed by atoms with Crippen LogP contribution in [0.15, 0.2) is 9.59 Å². The summed E-state index contributed by atoms with van der Waals surface area (Å²) in [6.07, 6.45) is 0. The second-order valence-corrected chi connectivity index (χ2v) is 1.89. The van der Waals surface area contributed by atoms with E-state index in [2.05, 4.69) is 22.4 Å². The Morgan fingerprint density at radius 2 is 2.00 bits per heavy atom. The molecule has 0 fully saturated rings. The number of anilines is 1. The average molecular weight is 159 g/mol. The largest absolute Gasteiger partial charge is 0.422 e. The van der Waals surface area contributed by atoms with Gasteiger partial charge in [-0.3, -0.25) is 9.59 Å². The molecular weight excluding hydrogens is 154 g/mol. The summed E-state index contributed by atoms with van der Waals surface area (Å²) in [5.74, 6) is -0.00386. The molecule has 0 aliphatic heterocycles. The number of rotatable bonds is 2. The van der Waals surface area contributed by atoms with Gasteiger partial charge in [0.05, 0.1) is 0 Å². The smallest absolute Gasteiger partial charge is 0.273 e. The quantitative estimate of drug-likeness (QED) is 0.348. The predicted molar refractivity (Wildman–Crippen MR) is 40.5 cm³/mol. The zero-order chi connectivity index (χ0) is 7.72. The van der Waals surface area contributed by atoms with Crippen molar-refractivity contribution in [2.75, 3.05) is 12.4 Å². The summed E-state index contributed by atoms with van der Waals surface area (Å²) < 4.78 is 4.31. The molecule has 0 aromatic heterocycles. The molecule has 10 heavy (non-hydrogen) atoms. The lowest BCUT2D eigenvalue weighted by atomic mass is 10.2. The Balaban J connectivity index is 3.16. The Morgan fingerprint density at radius 1 is 1.40 bits per heavy atom. The minimum Gasteiger partial charge on any atom is -0.422 e. The van der Waals surface area contributed by atoms with E-state index in [0.29, 0.717) is 0 Å². The summed E-state index contributed by atoms with van der Waals surface area (Å²) in [7, 11) is 1.53. The molecule has 0 unspecified atom stereocenters. The van der Waals surface area contributed by atoms with Crippen LogP contribution in [0.1, 0.15) is 0 Å². The Hall–Kier alpha value is -0.970. The molecule has 4 nitrogen and oxygen atoms in total. The van der Waals surface area contributed by atoms with Gasteiger partial charge >= 0.3 is 0 Å². The van der Waals surface area contributed by atoms with E-state index in [1.165, 1.54) is 7.05 Å². The molecule has 54 valence electrons. The second kappa shape index (κ2) is 2.34. The third-order valence-electron chi connectivity index (χ3n) is 1.21. The first-order chi connectivity index (χ1) is 4.72. The van der Waals surface area contributed by atoms with E-state index in [1.807, 2.05) is 0 Å². The molecule has 5 heteroatoms. The van der Waals surface area contributed by atoms with Gasteiger partial charge in [-0.2, -0.15) is 0 Å². The van der Waals surface area contributed by atoms with Gasteiger partial charge in [0.1, 0.15) is 5.69 Å². The van der Waals surface area contributed by atoms with E-state index in [4.69, 9.17) is 0 Å². The molecule has 0 saturated carbocycles. The SMILES string of the molecule is CNc1c(OS)c(=O)c1=O. The van der Waals surface area contributed by atoms with Crippen molar-refractivity contribution in [1.82, 2.24) is 0 Å². The van der Waals surface area contributed by atoms with Gasteiger partial charge in [0.2, 0.25) is 5.75 Å². The molecule has 0 bridgehead atoms. The first-order valence-electron chi connectivity index (χ1n) is 2.54. The van der Waals surface area contributed by atoms with Crippen LogP contribution in [0.3, 0.4) is 0 Å². The highest BCUT2D eigenvalue weighted by Gasteiger charge is 2.20. The van der Waals surface area contributed by atoms with Gasteiger partial charge in [0.15, 0.2) is 0 Å². The van der Waals surface area contributed by atoms with E-state index in [1.54, 1.807) is 0 Å². The molecule has 0 spiro atoms.